The summed E-state index contributed by atoms with van der Waals surface area (Å²) in [5.74, 6) is -10.1. The maximum Gasteiger partial charge on any atom is 0.400 e. The van der Waals surface area contributed by atoms with Crippen LogP contribution in [0.2, 0.25) is 0 Å². The van der Waals surface area contributed by atoms with Crippen LogP contribution in [-0.4, -0.2) is 47.3 Å². The summed E-state index contributed by atoms with van der Waals surface area (Å²) in [6.07, 6.45) is -9.77. The zero-order valence-electron chi connectivity index (χ0n) is 10.1. The lowest BCUT2D eigenvalue weighted by Gasteiger charge is -2.22. The molecular weight excluding hydrogens is 296 g/mol. The van der Waals surface area contributed by atoms with Gasteiger partial charge in [-0.2, -0.15) is 26.3 Å². The molecule has 0 aromatic heterocycles. The number of rotatable bonds is 2. The number of carbonyl (C=O) groups is 2. The van der Waals surface area contributed by atoms with E-state index in [9.17, 15) is 35.9 Å². The first-order valence-electron chi connectivity index (χ1n) is 5.50. The first-order chi connectivity index (χ1) is 8.85. The van der Waals surface area contributed by atoms with Crippen molar-refractivity contribution < 1.29 is 41.0 Å². The highest BCUT2D eigenvalue weighted by Crippen LogP contribution is 2.39. The summed E-state index contributed by atoms with van der Waals surface area (Å²) in [7, 11) is 0. The van der Waals surface area contributed by atoms with Crippen LogP contribution < -0.4 is 0 Å². The molecule has 1 unspecified atom stereocenters. The van der Waals surface area contributed by atoms with Crippen molar-refractivity contribution in [3.05, 3.63) is 0 Å². The number of halogens is 6. The minimum absolute atomic E-state index is 0.315. The third kappa shape index (κ3) is 3.34. The average molecular weight is 307 g/mol. The summed E-state index contributed by atoms with van der Waals surface area (Å²) in [5.41, 5.74) is 0. The van der Waals surface area contributed by atoms with Gasteiger partial charge in [-0.1, -0.05) is 0 Å². The number of carboxylic acids is 1. The van der Waals surface area contributed by atoms with Crippen LogP contribution >= 0.6 is 0 Å². The summed E-state index contributed by atoms with van der Waals surface area (Å²) in [6.45, 7) is -1.42. The molecule has 10 heteroatoms. The molecule has 0 aliphatic carbocycles. The van der Waals surface area contributed by atoms with Crippen LogP contribution in [0.25, 0.3) is 0 Å². The first kappa shape index (κ1) is 16.6. The lowest BCUT2D eigenvalue weighted by atomic mass is 9.96. The van der Waals surface area contributed by atoms with Crippen molar-refractivity contribution in [1.82, 2.24) is 4.90 Å². The van der Waals surface area contributed by atoms with Crippen LogP contribution in [0, 0.1) is 17.8 Å². The summed E-state index contributed by atoms with van der Waals surface area (Å²) < 4.78 is 74.9. The molecule has 116 valence electrons. The molecule has 1 saturated heterocycles. The Kier molecular flexibility index (Phi) is 4.25. The Hall–Kier alpha value is -1.48. The Balaban J connectivity index is 2.91. The van der Waals surface area contributed by atoms with Crippen LogP contribution in [-0.2, 0) is 9.59 Å². The van der Waals surface area contributed by atoms with E-state index >= 15 is 0 Å². The van der Waals surface area contributed by atoms with Gasteiger partial charge in [-0.15, -0.1) is 0 Å². The molecule has 1 fully saturated rings. The van der Waals surface area contributed by atoms with E-state index in [4.69, 9.17) is 5.11 Å². The van der Waals surface area contributed by atoms with Gasteiger partial charge in [-0.3, -0.25) is 9.59 Å². The SMILES string of the molecule is CC(C(=O)N1C[C@@H](C(F)(F)F)[C@H](C(=O)O)C1)C(F)(F)F. The van der Waals surface area contributed by atoms with Crippen LogP contribution in [0.5, 0.6) is 0 Å². The molecule has 1 rings (SSSR count). The van der Waals surface area contributed by atoms with Gasteiger partial charge in [0.15, 0.2) is 0 Å². The molecule has 1 aliphatic rings. The van der Waals surface area contributed by atoms with Gasteiger partial charge in [0.2, 0.25) is 5.91 Å². The van der Waals surface area contributed by atoms with E-state index in [1.54, 1.807) is 0 Å². The summed E-state index contributed by atoms with van der Waals surface area (Å²) in [5, 5.41) is 8.68. The van der Waals surface area contributed by atoms with Crippen LogP contribution in [0.4, 0.5) is 26.3 Å². The standard InChI is InChI=1S/C10H11F6NO3/c1-4(9(11,12)13)7(18)17-2-5(8(19)20)6(3-17)10(14,15)16/h4-6H,2-3H2,1H3,(H,19,20)/t4?,5-,6-/m1/s1. The van der Waals surface area contributed by atoms with E-state index < -0.39 is 55.1 Å². The van der Waals surface area contributed by atoms with Crippen molar-refractivity contribution in [1.29, 1.82) is 0 Å². The molecule has 3 atom stereocenters. The van der Waals surface area contributed by atoms with E-state index in [0.29, 0.717) is 11.8 Å². The third-order valence-corrected chi connectivity index (χ3v) is 3.23. The number of hydrogen-bond donors (Lipinski definition) is 1. The minimum atomic E-state index is -4.89. The highest BCUT2D eigenvalue weighted by Gasteiger charge is 2.55. The fourth-order valence-corrected chi connectivity index (χ4v) is 1.98. The van der Waals surface area contributed by atoms with E-state index in [1.165, 1.54) is 0 Å². The number of carboxylic acid groups (broad SMARTS) is 1. The highest BCUT2D eigenvalue weighted by atomic mass is 19.4. The van der Waals surface area contributed by atoms with Gasteiger partial charge in [0.05, 0.1) is 11.8 Å². The van der Waals surface area contributed by atoms with E-state index in [2.05, 4.69) is 0 Å². The predicted octanol–water partition coefficient (Wildman–Crippen LogP) is 1.91. The molecule has 20 heavy (non-hydrogen) atoms. The van der Waals surface area contributed by atoms with E-state index in [0.717, 1.165) is 0 Å². The van der Waals surface area contributed by atoms with Gasteiger partial charge in [-0.25, -0.2) is 0 Å². The summed E-state index contributed by atoms with van der Waals surface area (Å²) in [4.78, 5) is 22.5. The van der Waals surface area contributed by atoms with Gasteiger partial charge in [0.1, 0.15) is 5.92 Å². The summed E-state index contributed by atoms with van der Waals surface area (Å²) in [6, 6.07) is 0. The van der Waals surface area contributed by atoms with Crippen molar-refractivity contribution in [3.63, 3.8) is 0 Å². The topological polar surface area (TPSA) is 57.6 Å². The lowest BCUT2D eigenvalue weighted by Crippen LogP contribution is -2.40. The second-order valence-electron chi connectivity index (χ2n) is 4.60. The Morgan fingerprint density at radius 1 is 1.15 bits per heavy atom. The maximum absolute atomic E-state index is 12.6. The third-order valence-electron chi connectivity index (χ3n) is 3.23. The van der Waals surface area contributed by atoms with Gasteiger partial charge in [0, 0.05) is 13.1 Å². The second kappa shape index (κ2) is 5.13. The zero-order chi connectivity index (χ0) is 15.9. The van der Waals surface area contributed by atoms with E-state index in [-0.39, 0.29) is 0 Å². The van der Waals surface area contributed by atoms with Crippen LogP contribution in [0.1, 0.15) is 6.92 Å². The smallest absolute Gasteiger partial charge is 0.400 e. The fourth-order valence-electron chi connectivity index (χ4n) is 1.98. The molecule has 1 N–H and O–H groups in total. The van der Waals surface area contributed by atoms with Gasteiger partial charge < -0.3 is 10.0 Å². The number of amides is 1. The number of nitrogens with zero attached hydrogens (tertiary/aromatic N) is 1. The Bertz CT molecular complexity index is 405. The molecule has 0 saturated carbocycles. The minimum Gasteiger partial charge on any atom is -0.481 e. The fraction of sp³-hybridized carbons (Fsp3) is 0.800. The second-order valence-corrected chi connectivity index (χ2v) is 4.60. The number of carbonyl (C=O) groups excluding carboxylic acids is 1. The van der Waals surface area contributed by atoms with Crippen LogP contribution in [0.3, 0.4) is 0 Å². The predicted molar refractivity (Wildman–Crippen MR) is 52.5 cm³/mol. The van der Waals surface area contributed by atoms with Crippen molar-refractivity contribution >= 4 is 11.9 Å². The van der Waals surface area contributed by atoms with E-state index in [1.807, 2.05) is 0 Å². The molecule has 0 radical (unpaired) electrons. The number of aliphatic carboxylic acids is 1. The van der Waals surface area contributed by atoms with Gasteiger partial charge in [0.25, 0.3) is 0 Å². The molecular formula is C10H11F6NO3. The molecule has 1 amide bonds. The number of likely N-dealkylation sites (tertiary alicyclic amines) is 1. The van der Waals surface area contributed by atoms with Crippen molar-refractivity contribution in [2.45, 2.75) is 19.3 Å². The molecule has 0 spiro atoms. The Morgan fingerprint density at radius 2 is 1.65 bits per heavy atom. The lowest BCUT2D eigenvalue weighted by molar-refractivity contribution is -0.190. The van der Waals surface area contributed by atoms with Gasteiger partial charge in [-0.05, 0) is 6.92 Å². The zero-order valence-corrected chi connectivity index (χ0v) is 10.1. The number of alkyl halides is 6. The Labute approximate surface area is 109 Å². The molecule has 1 heterocycles. The molecule has 1 aliphatic heterocycles. The highest BCUT2D eigenvalue weighted by molar-refractivity contribution is 5.81. The normalized spacial score (nSPS) is 25.6. The number of hydrogen-bond acceptors (Lipinski definition) is 2. The molecule has 0 aromatic carbocycles. The Morgan fingerprint density at radius 3 is 1.95 bits per heavy atom. The average Bonchev–Trinajstić information content (AvgIpc) is 2.70. The van der Waals surface area contributed by atoms with Crippen LogP contribution in [0.15, 0.2) is 0 Å². The first-order valence-corrected chi connectivity index (χ1v) is 5.50. The van der Waals surface area contributed by atoms with Crippen molar-refractivity contribution in [2.24, 2.45) is 17.8 Å². The van der Waals surface area contributed by atoms with Crippen molar-refractivity contribution in [3.8, 4) is 0 Å². The summed E-state index contributed by atoms with van der Waals surface area (Å²) >= 11 is 0. The maximum atomic E-state index is 12.6. The van der Waals surface area contributed by atoms with Crippen molar-refractivity contribution in [2.75, 3.05) is 13.1 Å². The monoisotopic (exact) mass is 307 g/mol. The molecule has 4 nitrogen and oxygen atoms in total. The molecule has 0 aromatic rings. The quantitative estimate of drug-likeness (QED) is 0.793. The van der Waals surface area contributed by atoms with Gasteiger partial charge >= 0.3 is 18.3 Å². The largest absolute Gasteiger partial charge is 0.481 e. The molecule has 0 bridgehead atoms.